The van der Waals surface area contributed by atoms with E-state index in [2.05, 4.69) is 4.74 Å². The molecule has 120 valence electrons. The molecule has 0 amide bonds. The molecule has 0 saturated carbocycles. The van der Waals surface area contributed by atoms with Crippen molar-refractivity contribution in [3.63, 3.8) is 0 Å². The molecule has 0 unspecified atom stereocenters. The highest BCUT2D eigenvalue weighted by atomic mass is 19.3. The molecule has 0 atom stereocenters. The molecular formula is C17H14F2O4. The lowest BCUT2D eigenvalue weighted by Crippen LogP contribution is -2.03. The highest BCUT2D eigenvalue weighted by molar-refractivity contribution is 6.07. The molecule has 2 aromatic carbocycles. The van der Waals surface area contributed by atoms with Crippen LogP contribution in [0.5, 0.6) is 17.2 Å². The first-order valence-corrected chi connectivity index (χ1v) is 6.64. The van der Waals surface area contributed by atoms with Crippen LogP contribution in [0.15, 0.2) is 48.5 Å². The zero-order valence-electron chi connectivity index (χ0n) is 12.2. The van der Waals surface area contributed by atoms with E-state index in [1.54, 1.807) is 18.2 Å². The lowest BCUT2D eigenvalue weighted by Gasteiger charge is -2.07. The maximum absolute atomic E-state index is 12.3. The summed E-state index contributed by atoms with van der Waals surface area (Å²) in [7, 11) is 1.37. The minimum atomic E-state index is -2.94. The van der Waals surface area contributed by atoms with E-state index in [1.165, 1.54) is 43.5 Å². The number of para-hydroxylation sites is 1. The SMILES string of the molecule is COc1cc(C(=O)C=Cc2ccccc2OC(F)F)ccc1O. The van der Waals surface area contributed by atoms with E-state index in [0.29, 0.717) is 11.1 Å². The lowest BCUT2D eigenvalue weighted by atomic mass is 10.1. The number of methoxy groups -OCH3 is 1. The van der Waals surface area contributed by atoms with Gasteiger partial charge in [0.05, 0.1) is 7.11 Å². The van der Waals surface area contributed by atoms with Crippen molar-refractivity contribution in [3.8, 4) is 17.2 Å². The summed E-state index contributed by atoms with van der Waals surface area (Å²) in [4.78, 5) is 12.1. The summed E-state index contributed by atoms with van der Waals surface area (Å²) in [6.07, 6.45) is 2.62. The molecule has 0 bridgehead atoms. The van der Waals surface area contributed by atoms with Crippen molar-refractivity contribution in [2.75, 3.05) is 7.11 Å². The Bertz CT molecular complexity index is 726. The van der Waals surface area contributed by atoms with Gasteiger partial charge in [-0.05, 0) is 36.4 Å². The van der Waals surface area contributed by atoms with Gasteiger partial charge < -0.3 is 14.6 Å². The minimum Gasteiger partial charge on any atom is -0.504 e. The van der Waals surface area contributed by atoms with Crippen LogP contribution in [0.3, 0.4) is 0 Å². The smallest absolute Gasteiger partial charge is 0.387 e. The quantitative estimate of drug-likeness (QED) is 0.648. The monoisotopic (exact) mass is 320 g/mol. The number of alkyl halides is 2. The number of hydrogen-bond acceptors (Lipinski definition) is 4. The molecule has 0 aromatic heterocycles. The van der Waals surface area contributed by atoms with E-state index < -0.39 is 6.61 Å². The van der Waals surface area contributed by atoms with Gasteiger partial charge in [0, 0.05) is 11.1 Å². The van der Waals surface area contributed by atoms with Gasteiger partial charge in [0.2, 0.25) is 0 Å². The van der Waals surface area contributed by atoms with Crippen LogP contribution in [0.2, 0.25) is 0 Å². The summed E-state index contributed by atoms with van der Waals surface area (Å²) in [5.74, 6) is -0.292. The normalized spacial score (nSPS) is 11.0. The maximum atomic E-state index is 12.3. The topological polar surface area (TPSA) is 55.8 Å². The molecule has 2 rings (SSSR count). The van der Waals surface area contributed by atoms with Crippen molar-refractivity contribution >= 4 is 11.9 Å². The Morgan fingerprint density at radius 3 is 2.61 bits per heavy atom. The Morgan fingerprint density at radius 1 is 1.17 bits per heavy atom. The van der Waals surface area contributed by atoms with E-state index >= 15 is 0 Å². The summed E-state index contributed by atoms with van der Waals surface area (Å²) in [5, 5.41) is 9.50. The molecule has 2 aromatic rings. The number of phenolic OH excluding ortho intramolecular Hbond substituents is 1. The number of halogens is 2. The van der Waals surface area contributed by atoms with Gasteiger partial charge in [-0.25, -0.2) is 0 Å². The first-order chi connectivity index (χ1) is 11.0. The minimum absolute atomic E-state index is 0.0187. The molecule has 0 heterocycles. The van der Waals surface area contributed by atoms with Gasteiger partial charge in [-0.3, -0.25) is 4.79 Å². The number of benzene rings is 2. The van der Waals surface area contributed by atoms with Gasteiger partial charge in [0.1, 0.15) is 5.75 Å². The summed E-state index contributed by atoms with van der Waals surface area (Å²) in [5.41, 5.74) is 0.648. The fourth-order valence-electron chi connectivity index (χ4n) is 1.91. The number of carbonyl (C=O) groups excluding carboxylic acids is 1. The van der Waals surface area contributed by atoms with Gasteiger partial charge in [-0.15, -0.1) is 0 Å². The molecular weight excluding hydrogens is 306 g/mol. The first-order valence-electron chi connectivity index (χ1n) is 6.64. The molecule has 0 aliphatic carbocycles. The molecule has 4 nitrogen and oxygen atoms in total. The van der Waals surface area contributed by atoms with Crippen molar-refractivity contribution in [2.45, 2.75) is 6.61 Å². The van der Waals surface area contributed by atoms with Gasteiger partial charge in [0.25, 0.3) is 0 Å². The van der Waals surface area contributed by atoms with Gasteiger partial charge >= 0.3 is 6.61 Å². The van der Waals surface area contributed by atoms with Crippen molar-refractivity contribution in [3.05, 3.63) is 59.7 Å². The van der Waals surface area contributed by atoms with E-state index in [9.17, 15) is 18.7 Å². The number of aromatic hydroxyl groups is 1. The maximum Gasteiger partial charge on any atom is 0.387 e. The average molecular weight is 320 g/mol. The number of phenols is 1. The molecule has 0 aliphatic heterocycles. The predicted octanol–water partition coefficient (Wildman–Crippen LogP) is 3.90. The number of ketones is 1. The molecule has 1 N–H and O–H groups in total. The molecule has 0 aliphatic rings. The Morgan fingerprint density at radius 2 is 1.91 bits per heavy atom. The van der Waals surface area contributed by atoms with Crippen molar-refractivity contribution in [2.24, 2.45) is 0 Å². The highest BCUT2D eigenvalue weighted by Gasteiger charge is 2.09. The number of hydrogen-bond donors (Lipinski definition) is 1. The summed E-state index contributed by atoms with van der Waals surface area (Å²) < 4.78 is 34.0. The molecule has 23 heavy (non-hydrogen) atoms. The second kappa shape index (κ2) is 7.40. The molecule has 0 saturated heterocycles. The fourth-order valence-corrected chi connectivity index (χ4v) is 1.91. The van der Waals surface area contributed by atoms with E-state index in [-0.39, 0.29) is 23.0 Å². The number of rotatable bonds is 6. The first kappa shape index (κ1) is 16.5. The predicted molar refractivity (Wildman–Crippen MR) is 81.1 cm³/mol. The zero-order valence-corrected chi connectivity index (χ0v) is 12.2. The van der Waals surface area contributed by atoms with Crippen molar-refractivity contribution < 1.29 is 28.2 Å². The van der Waals surface area contributed by atoms with Crippen LogP contribution in [0.25, 0.3) is 6.08 Å². The van der Waals surface area contributed by atoms with Crippen molar-refractivity contribution in [1.29, 1.82) is 0 Å². The molecule has 0 radical (unpaired) electrons. The number of ether oxygens (including phenoxy) is 2. The van der Waals surface area contributed by atoms with E-state index in [1.807, 2.05) is 0 Å². The third-order valence-corrected chi connectivity index (χ3v) is 3.01. The Kier molecular flexibility index (Phi) is 5.30. The number of carbonyl (C=O) groups is 1. The van der Waals surface area contributed by atoms with Gasteiger partial charge in [0.15, 0.2) is 17.3 Å². The van der Waals surface area contributed by atoms with Crippen molar-refractivity contribution in [1.82, 2.24) is 0 Å². The van der Waals surface area contributed by atoms with Crippen LogP contribution in [-0.2, 0) is 0 Å². The molecule has 0 spiro atoms. The van der Waals surface area contributed by atoms with Crippen LogP contribution in [0.1, 0.15) is 15.9 Å². The van der Waals surface area contributed by atoms with Crippen LogP contribution in [-0.4, -0.2) is 24.6 Å². The average Bonchev–Trinajstić information content (AvgIpc) is 2.53. The van der Waals surface area contributed by atoms with E-state index in [4.69, 9.17) is 4.74 Å². The van der Waals surface area contributed by atoms with Crippen LogP contribution >= 0.6 is 0 Å². The summed E-state index contributed by atoms with van der Waals surface area (Å²) in [6, 6.07) is 10.3. The summed E-state index contributed by atoms with van der Waals surface area (Å²) in [6.45, 7) is -2.94. The molecule has 6 heteroatoms. The second-order valence-corrected chi connectivity index (χ2v) is 4.50. The number of allylic oxidation sites excluding steroid dienone is 1. The van der Waals surface area contributed by atoms with E-state index in [0.717, 1.165) is 0 Å². The third-order valence-electron chi connectivity index (χ3n) is 3.01. The van der Waals surface area contributed by atoms with Crippen LogP contribution < -0.4 is 9.47 Å². The largest absolute Gasteiger partial charge is 0.504 e. The zero-order chi connectivity index (χ0) is 16.8. The standard InChI is InChI=1S/C17H14F2O4/c1-22-16-10-12(7-9-14(16)21)13(20)8-6-11-4-2-3-5-15(11)23-17(18)19/h2-10,17,21H,1H3. The third kappa shape index (κ3) is 4.29. The lowest BCUT2D eigenvalue weighted by molar-refractivity contribution is -0.0499. The highest BCUT2D eigenvalue weighted by Crippen LogP contribution is 2.27. The van der Waals surface area contributed by atoms with Gasteiger partial charge in [-0.1, -0.05) is 18.2 Å². The van der Waals surface area contributed by atoms with Gasteiger partial charge in [-0.2, -0.15) is 8.78 Å². The van der Waals surface area contributed by atoms with Crippen LogP contribution in [0.4, 0.5) is 8.78 Å². The second-order valence-electron chi connectivity index (χ2n) is 4.50. The summed E-state index contributed by atoms with van der Waals surface area (Å²) >= 11 is 0. The Balaban J connectivity index is 2.22. The van der Waals surface area contributed by atoms with Crippen LogP contribution in [0, 0.1) is 0 Å². The Hall–Kier alpha value is -2.89. The molecule has 0 fully saturated rings. The fraction of sp³-hybridized carbons (Fsp3) is 0.118. The Labute approximate surface area is 131 Å².